The molecule has 0 aliphatic carbocycles. The van der Waals surface area contributed by atoms with Crippen molar-refractivity contribution in [2.45, 2.75) is 0 Å². The summed E-state index contributed by atoms with van der Waals surface area (Å²) in [6.45, 7) is 0. The highest BCUT2D eigenvalue weighted by atomic mass is 16.6. The van der Waals surface area contributed by atoms with Gasteiger partial charge in [-0.05, 0) is 24.3 Å². The molecule has 23 heavy (non-hydrogen) atoms. The fourth-order valence-electron chi connectivity index (χ4n) is 2.40. The van der Waals surface area contributed by atoms with Crippen molar-refractivity contribution in [2.75, 3.05) is 4.90 Å². The van der Waals surface area contributed by atoms with Crippen LogP contribution in [0.3, 0.4) is 0 Å². The number of aromatic carboxylic acids is 1. The summed E-state index contributed by atoms with van der Waals surface area (Å²) in [5, 5.41) is 20.1. The van der Waals surface area contributed by atoms with Crippen LogP contribution < -0.4 is 4.90 Å². The summed E-state index contributed by atoms with van der Waals surface area (Å²) in [6.07, 6.45) is 0. The molecule has 0 radical (unpaired) electrons. The van der Waals surface area contributed by atoms with Gasteiger partial charge in [0, 0.05) is 6.07 Å². The number of carboxylic acids is 1. The van der Waals surface area contributed by atoms with Gasteiger partial charge in [-0.25, -0.2) is 9.69 Å². The molecule has 0 fully saturated rings. The first-order valence-corrected chi connectivity index (χ1v) is 6.41. The lowest BCUT2D eigenvalue weighted by molar-refractivity contribution is -0.384. The van der Waals surface area contributed by atoms with Gasteiger partial charge in [-0.1, -0.05) is 12.1 Å². The Bertz CT molecular complexity index is 854. The summed E-state index contributed by atoms with van der Waals surface area (Å²) in [6, 6.07) is 9.07. The van der Waals surface area contributed by atoms with Crippen molar-refractivity contribution in [1.29, 1.82) is 0 Å². The van der Waals surface area contributed by atoms with Crippen LogP contribution in [0.5, 0.6) is 0 Å². The van der Waals surface area contributed by atoms with E-state index < -0.39 is 28.4 Å². The number of carbonyl (C=O) groups excluding carboxylic acids is 2. The highest BCUT2D eigenvalue weighted by molar-refractivity contribution is 6.35. The van der Waals surface area contributed by atoms with Crippen LogP contribution in [0.1, 0.15) is 31.1 Å². The molecular formula is C15H8N2O6. The average molecular weight is 312 g/mol. The van der Waals surface area contributed by atoms with Gasteiger partial charge in [0.15, 0.2) is 0 Å². The van der Waals surface area contributed by atoms with Crippen LogP contribution >= 0.6 is 0 Å². The van der Waals surface area contributed by atoms with Gasteiger partial charge in [-0.15, -0.1) is 0 Å². The number of amides is 2. The maximum Gasteiger partial charge on any atom is 0.335 e. The lowest BCUT2D eigenvalue weighted by Crippen LogP contribution is -2.30. The van der Waals surface area contributed by atoms with E-state index in [1.165, 1.54) is 12.1 Å². The molecule has 2 aromatic carbocycles. The molecule has 1 aliphatic heterocycles. The lowest BCUT2D eigenvalue weighted by atomic mass is 10.1. The zero-order valence-electron chi connectivity index (χ0n) is 11.4. The molecular weight excluding hydrogens is 304 g/mol. The van der Waals surface area contributed by atoms with Crippen LogP contribution in [0.15, 0.2) is 42.5 Å². The third kappa shape index (κ3) is 2.13. The van der Waals surface area contributed by atoms with Gasteiger partial charge < -0.3 is 5.11 Å². The van der Waals surface area contributed by atoms with E-state index in [4.69, 9.17) is 5.11 Å². The number of hydrogen-bond acceptors (Lipinski definition) is 5. The summed E-state index contributed by atoms with van der Waals surface area (Å²) in [7, 11) is 0. The predicted molar refractivity (Wildman–Crippen MR) is 77.6 cm³/mol. The highest BCUT2D eigenvalue weighted by Crippen LogP contribution is 2.35. The number of carboxylic acid groups (broad SMARTS) is 1. The zero-order valence-corrected chi connectivity index (χ0v) is 11.4. The SMILES string of the molecule is O=C(O)c1ccc(N2C(=O)c3ccccc3C2=O)c([N+](=O)[O-])c1. The Hall–Kier alpha value is -3.55. The Morgan fingerprint density at radius 2 is 1.61 bits per heavy atom. The molecule has 1 aliphatic rings. The third-order valence-electron chi connectivity index (χ3n) is 3.45. The average Bonchev–Trinajstić information content (AvgIpc) is 2.78. The molecule has 0 bridgehead atoms. The van der Waals surface area contributed by atoms with E-state index in [0.29, 0.717) is 4.90 Å². The van der Waals surface area contributed by atoms with Crippen molar-refractivity contribution in [1.82, 2.24) is 0 Å². The number of hydrogen-bond donors (Lipinski definition) is 1. The summed E-state index contributed by atoms with van der Waals surface area (Å²) in [4.78, 5) is 46.7. The summed E-state index contributed by atoms with van der Waals surface area (Å²) in [5.74, 6) is -2.71. The minimum absolute atomic E-state index is 0.147. The highest BCUT2D eigenvalue weighted by Gasteiger charge is 2.39. The summed E-state index contributed by atoms with van der Waals surface area (Å²) < 4.78 is 0. The van der Waals surface area contributed by atoms with Crippen LogP contribution in [0.4, 0.5) is 11.4 Å². The maximum atomic E-state index is 12.4. The van der Waals surface area contributed by atoms with Gasteiger partial charge in [0.2, 0.25) is 0 Å². The van der Waals surface area contributed by atoms with Crippen molar-refractivity contribution in [2.24, 2.45) is 0 Å². The standard InChI is InChI=1S/C15H8N2O6/c18-13-9-3-1-2-4-10(9)14(19)16(13)11-6-5-8(15(20)21)7-12(11)17(22)23/h1-7H,(H,20,21). The summed E-state index contributed by atoms with van der Waals surface area (Å²) >= 11 is 0. The Labute approximate surface area is 128 Å². The van der Waals surface area contributed by atoms with E-state index in [-0.39, 0.29) is 22.4 Å². The second kappa shape index (κ2) is 5.02. The summed E-state index contributed by atoms with van der Waals surface area (Å²) in [5.41, 5.74) is -0.897. The molecule has 114 valence electrons. The first-order valence-electron chi connectivity index (χ1n) is 6.41. The van der Waals surface area contributed by atoms with Gasteiger partial charge in [0.05, 0.1) is 21.6 Å². The van der Waals surface area contributed by atoms with Crippen LogP contribution in [0, 0.1) is 10.1 Å². The van der Waals surface area contributed by atoms with Gasteiger partial charge in [-0.2, -0.15) is 0 Å². The molecule has 0 spiro atoms. The monoisotopic (exact) mass is 312 g/mol. The van der Waals surface area contributed by atoms with E-state index in [1.807, 2.05) is 0 Å². The molecule has 0 unspecified atom stereocenters. The van der Waals surface area contributed by atoms with Gasteiger partial charge in [0.1, 0.15) is 5.69 Å². The molecule has 2 amide bonds. The number of nitrogens with zero attached hydrogens (tertiary/aromatic N) is 2. The van der Waals surface area contributed by atoms with Crippen LogP contribution in [0.2, 0.25) is 0 Å². The Kier molecular flexibility index (Phi) is 3.14. The Morgan fingerprint density at radius 1 is 1.04 bits per heavy atom. The van der Waals surface area contributed by atoms with Crippen molar-refractivity contribution < 1.29 is 24.4 Å². The number of carbonyl (C=O) groups is 3. The fourth-order valence-corrected chi connectivity index (χ4v) is 2.40. The van der Waals surface area contributed by atoms with Crippen LogP contribution in [-0.2, 0) is 0 Å². The minimum atomic E-state index is -1.35. The van der Waals surface area contributed by atoms with Gasteiger partial charge in [-0.3, -0.25) is 19.7 Å². The van der Waals surface area contributed by atoms with Gasteiger partial charge in [0.25, 0.3) is 17.5 Å². The molecule has 8 nitrogen and oxygen atoms in total. The molecule has 0 aromatic heterocycles. The zero-order chi connectivity index (χ0) is 16.7. The minimum Gasteiger partial charge on any atom is -0.478 e. The van der Waals surface area contributed by atoms with E-state index >= 15 is 0 Å². The molecule has 3 rings (SSSR count). The molecule has 0 atom stereocenters. The van der Waals surface area contributed by atoms with E-state index in [0.717, 1.165) is 18.2 Å². The topological polar surface area (TPSA) is 118 Å². The van der Waals surface area contributed by atoms with E-state index in [1.54, 1.807) is 12.1 Å². The number of nitro benzene ring substituents is 1. The van der Waals surface area contributed by atoms with Crippen molar-refractivity contribution in [3.63, 3.8) is 0 Å². The Morgan fingerprint density at radius 3 is 2.09 bits per heavy atom. The second-order valence-corrected chi connectivity index (χ2v) is 4.76. The van der Waals surface area contributed by atoms with Crippen molar-refractivity contribution >= 4 is 29.2 Å². The normalized spacial score (nSPS) is 13.1. The number of rotatable bonds is 3. The molecule has 8 heteroatoms. The third-order valence-corrected chi connectivity index (χ3v) is 3.45. The lowest BCUT2D eigenvalue weighted by Gasteiger charge is -2.14. The smallest absolute Gasteiger partial charge is 0.335 e. The molecule has 2 aromatic rings. The largest absolute Gasteiger partial charge is 0.478 e. The quantitative estimate of drug-likeness (QED) is 0.526. The Balaban J connectivity index is 2.17. The maximum absolute atomic E-state index is 12.4. The van der Waals surface area contributed by atoms with Gasteiger partial charge >= 0.3 is 5.97 Å². The van der Waals surface area contributed by atoms with Crippen molar-refractivity contribution in [3.8, 4) is 0 Å². The molecule has 1 N–H and O–H groups in total. The molecule has 0 saturated heterocycles. The van der Waals surface area contributed by atoms with Crippen LogP contribution in [0.25, 0.3) is 0 Å². The number of imide groups is 1. The molecule has 0 saturated carbocycles. The van der Waals surface area contributed by atoms with E-state index in [2.05, 4.69) is 0 Å². The number of fused-ring (bicyclic) bond motifs is 1. The van der Waals surface area contributed by atoms with Crippen molar-refractivity contribution in [3.05, 3.63) is 69.3 Å². The fraction of sp³-hybridized carbons (Fsp3) is 0. The van der Waals surface area contributed by atoms with E-state index in [9.17, 15) is 24.5 Å². The molecule has 1 heterocycles. The van der Waals surface area contributed by atoms with Crippen LogP contribution in [-0.4, -0.2) is 27.8 Å². The predicted octanol–water partition coefficient (Wildman–Crippen LogP) is 2.09. The number of anilines is 1. The second-order valence-electron chi connectivity index (χ2n) is 4.76. The number of benzene rings is 2. The number of nitro groups is 1. The first kappa shape index (κ1) is 14.4. The first-order chi connectivity index (χ1) is 10.9.